The number of carbonyl (C=O) groups excluding carboxylic acids is 3. The van der Waals surface area contributed by atoms with Crippen LogP contribution >= 0.6 is 0 Å². The van der Waals surface area contributed by atoms with E-state index in [1.54, 1.807) is 12.1 Å². The first-order valence-electron chi connectivity index (χ1n) is 15.7. The summed E-state index contributed by atoms with van der Waals surface area (Å²) < 4.78 is 31.7. The highest BCUT2D eigenvalue weighted by Crippen LogP contribution is 2.31. The van der Waals surface area contributed by atoms with Crippen LogP contribution in [0.3, 0.4) is 0 Å². The second kappa shape index (κ2) is 18.4. The number of carbonyl (C=O) groups is 4. The van der Waals surface area contributed by atoms with Gasteiger partial charge >= 0.3 is 12.1 Å². The van der Waals surface area contributed by atoms with Crippen LogP contribution in [0.15, 0.2) is 54.6 Å². The van der Waals surface area contributed by atoms with Crippen molar-refractivity contribution in [2.75, 3.05) is 6.54 Å². The zero-order valence-electron chi connectivity index (χ0n) is 27.2. The van der Waals surface area contributed by atoms with E-state index in [9.17, 15) is 27.6 Å². The summed E-state index contributed by atoms with van der Waals surface area (Å²) in [7, 11) is 0. The van der Waals surface area contributed by atoms with Crippen molar-refractivity contribution < 1.29 is 37.5 Å². The fraction of sp³-hybridized carbons (Fsp3) is 0.455. The lowest BCUT2D eigenvalue weighted by molar-refractivity contribution is -0.192. The number of amides is 3. The summed E-state index contributed by atoms with van der Waals surface area (Å²) in [5, 5.41) is 30.6. The van der Waals surface area contributed by atoms with E-state index < -0.39 is 41.5 Å². The first-order valence-corrected chi connectivity index (χ1v) is 15.7. The molecule has 16 heteroatoms. The lowest BCUT2D eigenvalue weighted by atomic mass is 9.75. The molecule has 2 aromatic rings. The molecule has 1 saturated carbocycles. The van der Waals surface area contributed by atoms with Gasteiger partial charge in [0.15, 0.2) is 5.96 Å². The van der Waals surface area contributed by atoms with Gasteiger partial charge in [0.25, 0.3) is 0 Å². The highest BCUT2D eigenvalue weighted by Gasteiger charge is 2.40. The molecule has 1 unspecified atom stereocenters. The Kier molecular flexibility index (Phi) is 15.0. The number of nitrogens with two attached hydrogens (primary N) is 3. The molecule has 3 amide bonds. The summed E-state index contributed by atoms with van der Waals surface area (Å²) in [6.07, 6.45) is 0.564. The zero-order chi connectivity index (χ0) is 36.8. The average molecular weight is 691 g/mol. The van der Waals surface area contributed by atoms with Crippen molar-refractivity contribution in [3.63, 3.8) is 0 Å². The molecule has 3 rings (SSSR count). The van der Waals surface area contributed by atoms with Gasteiger partial charge in [-0.05, 0) is 56.1 Å². The number of amidine groups is 1. The Labute approximate surface area is 282 Å². The largest absolute Gasteiger partial charge is 0.490 e. The van der Waals surface area contributed by atoms with Crippen molar-refractivity contribution in [1.29, 1.82) is 10.8 Å². The van der Waals surface area contributed by atoms with E-state index in [1.807, 2.05) is 49.4 Å². The molecule has 0 radical (unpaired) electrons. The van der Waals surface area contributed by atoms with Gasteiger partial charge in [0, 0.05) is 12.1 Å². The van der Waals surface area contributed by atoms with Crippen LogP contribution in [0.25, 0.3) is 0 Å². The molecular weight excluding hydrogens is 645 g/mol. The van der Waals surface area contributed by atoms with Crippen LogP contribution in [-0.2, 0) is 31.0 Å². The van der Waals surface area contributed by atoms with Crippen molar-refractivity contribution in [2.24, 2.45) is 23.1 Å². The van der Waals surface area contributed by atoms with E-state index in [0.29, 0.717) is 24.9 Å². The normalized spacial score (nSPS) is 15.6. The lowest BCUT2D eigenvalue weighted by Gasteiger charge is -2.35. The Morgan fingerprint density at radius 3 is 1.98 bits per heavy atom. The summed E-state index contributed by atoms with van der Waals surface area (Å²) in [5.41, 5.74) is 17.8. The Hall–Kier alpha value is -5.15. The van der Waals surface area contributed by atoms with Crippen LogP contribution in [0.2, 0.25) is 0 Å². The molecule has 0 heterocycles. The third-order valence-corrected chi connectivity index (χ3v) is 8.31. The number of carboxylic acid groups (broad SMARTS) is 1. The van der Waals surface area contributed by atoms with Crippen molar-refractivity contribution in [1.82, 2.24) is 16.0 Å². The molecule has 13 nitrogen and oxygen atoms in total. The Balaban J connectivity index is 0.00000107. The number of guanidine groups is 1. The molecule has 0 spiro atoms. The summed E-state index contributed by atoms with van der Waals surface area (Å²) in [6, 6.07) is 14.9. The molecule has 12 N–H and O–H groups in total. The fourth-order valence-electron chi connectivity index (χ4n) is 5.57. The minimum atomic E-state index is -5.08. The molecule has 49 heavy (non-hydrogen) atoms. The molecule has 1 aliphatic carbocycles. The maximum atomic E-state index is 14.2. The van der Waals surface area contributed by atoms with E-state index in [-0.39, 0.29) is 30.0 Å². The Morgan fingerprint density at radius 2 is 1.49 bits per heavy atom. The molecule has 268 valence electrons. The van der Waals surface area contributed by atoms with Crippen LogP contribution in [0.5, 0.6) is 0 Å². The minimum absolute atomic E-state index is 0.0316. The topological polar surface area (TPSA) is 250 Å². The Morgan fingerprint density at radius 1 is 0.918 bits per heavy atom. The van der Waals surface area contributed by atoms with Crippen molar-refractivity contribution in [3.8, 4) is 0 Å². The lowest BCUT2D eigenvalue weighted by Crippen LogP contribution is -2.58. The molecule has 0 aliphatic heterocycles. The predicted octanol–water partition coefficient (Wildman–Crippen LogP) is 2.40. The van der Waals surface area contributed by atoms with Crippen molar-refractivity contribution >= 4 is 35.5 Å². The summed E-state index contributed by atoms with van der Waals surface area (Å²) in [6.45, 7) is 2.22. The third kappa shape index (κ3) is 12.8. The van der Waals surface area contributed by atoms with Gasteiger partial charge in [-0.2, -0.15) is 13.2 Å². The summed E-state index contributed by atoms with van der Waals surface area (Å²) in [4.78, 5) is 49.0. The fourth-order valence-corrected chi connectivity index (χ4v) is 5.57. The number of hydrogen-bond acceptors (Lipinski definition) is 6. The molecular formula is C33H45F3N8O5. The molecule has 3 atom stereocenters. The number of carboxylic acids is 1. The van der Waals surface area contributed by atoms with Crippen LogP contribution in [0.4, 0.5) is 13.2 Å². The SMILES string of the molecule is C[C@@](Cc1ccc(C(=N)N)cc1)(C(=O)N[C@H](C(=O)NC(CCCNC(=N)N)C(N)=O)C1CCCCC1)c1ccccc1.O=C(O)C(F)(F)F. The van der Waals surface area contributed by atoms with E-state index in [0.717, 1.165) is 43.2 Å². The van der Waals surface area contributed by atoms with Crippen molar-refractivity contribution in [2.45, 2.75) is 82.0 Å². The highest BCUT2D eigenvalue weighted by molar-refractivity contribution is 5.96. The van der Waals surface area contributed by atoms with Crippen LogP contribution in [0.1, 0.15) is 68.6 Å². The molecule has 0 bridgehead atoms. The Bertz CT molecular complexity index is 1450. The average Bonchev–Trinajstić information content (AvgIpc) is 3.05. The molecule has 0 aromatic heterocycles. The third-order valence-electron chi connectivity index (χ3n) is 8.31. The van der Waals surface area contributed by atoms with Crippen LogP contribution in [-0.4, -0.2) is 65.4 Å². The molecule has 0 saturated heterocycles. The van der Waals surface area contributed by atoms with Gasteiger partial charge in [-0.25, -0.2) is 4.79 Å². The van der Waals surface area contributed by atoms with Gasteiger partial charge in [0.05, 0.1) is 5.41 Å². The quantitative estimate of drug-likeness (QED) is 0.0807. The number of aliphatic carboxylic acids is 1. The van der Waals surface area contributed by atoms with Gasteiger partial charge < -0.3 is 38.3 Å². The van der Waals surface area contributed by atoms with Gasteiger partial charge in [-0.15, -0.1) is 0 Å². The minimum Gasteiger partial charge on any atom is -0.475 e. The zero-order valence-corrected chi connectivity index (χ0v) is 27.2. The maximum Gasteiger partial charge on any atom is 0.490 e. The predicted molar refractivity (Wildman–Crippen MR) is 177 cm³/mol. The molecule has 1 aliphatic rings. The number of hydrogen-bond donors (Lipinski definition) is 9. The first-order chi connectivity index (χ1) is 23.0. The number of nitrogen functional groups attached to an aromatic ring is 1. The van der Waals surface area contributed by atoms with Crippen molar-refractivity contribution in [3.05, 3.63) is 71.3 Å². The number of primary amides is 1. The van der Waals surface area contributed by atoms with Crippen LogP contribution < -0.4 is 33.2 Å². The van der Waals surface area contributed by atoms with E-state index >= 15 is 0 Å². The van der Waals surface area contributed by atoms with E-state index in [1.165, 1.54) is 0 Å². The highest BCUT2D eigenvalue weighted by atomic mass is 19.4. The number of rotatable bonds is 14. The number of benzene rings is 2. The number of alkyl halides is 3. The first kappa shape index (κ1) is 40.0. The number of nitrogens with one attached hydrogen (secondary N) is 5. The van der Waals surface area contributed by atoms with Gasteiger partial charge in [0.2, 0.25) is 17.7 Å². The molecule has 2 aromatic carbocycles. The second-order valence-corrected chi connectivity index (χ2v) is 12.1. The maximum absolute atomic E-state index is 14.2. The summed E-state index contributed by atoms with van der Waals surface area (Å²) >= 11 is 0. The second-order valence-electron chi connectivity index (χ2n) is 12.1. The summed E-state index contributed by atoms with van der Waals surface area (Å²) in [5.74, 6) is -4.43. The number of halogens is 3. The van der Waals surface area contributed by atoms with Crippen LogP contribution in [0, 0.1) is 16.7 Å². The molecule has 1 fully saturated rings. The standard InChI is InChI=1S/C31H44N8O3.C2HF3O2/c1-31(23-11-6-3-7-12-23,19-20-14-16-22(17-15-20)26(32)33)29(42)39-25(21-9-4-2-5-10-21)28(41)38-24(27(34)40)13-8-18-37-30(35)36;3-2(4,5)1(6)7/h3,6-7,11-12,14-17,21,24-25H,2,4-5,8-10,13,18-19H2,1H3,(H3,32,33)(H2,34,40)(H,38,41)(H,39,42)(H4,35,36,37);(H,6,7)/t24?,25-,31-;/m0./s1. The van der Waals surface area contributed by atoms with E-state index in [4.69, 9.17) is 37.9 Å². The van der Waals surface area contributed by atoms with Gasteiger partial charge in [-0.3, -0.25) is 25.2 Å². The van der Waals surface area contributed by atoms with Gasteiger partial charge in [-0.1, -0.05) is 73.9 Å². The van der Waals surface area contributed by atoms with E-state index in [2.05, 4.69) is 16.0 Å². The smallest absolute Gasteiger partial charge is 0.475 e. The van der Waals surface area contributed by atoms with Gasteiger partial charge in [0.1, 0.15) is 17.9 Å². The monoisotopic (exact) mass is 690 g/mol.